The monoisotopic (exact) mass is 558 g/mol. The van der Waals surface area contributed by atoms with E-state index < -0.39 is 6.72 Å². The van der Waals surface area contributed by atoms with E-state index in [-0.39, 0.29) is 48.1 Å². The molecule has 0 fully saturated rings. The zero-order chi connectivity index (χ0) is 21.6. The Balaban J connectivity index is 1.97. The molecule has 0 radical (unpaired) electrons. The lowest BCUT2D eigenvalue weighted by molar-refractivity contribution is 0.377. The van der Waals surface area contributed by atoms with Crippen LogP contribution in [0.2, 0.25) is 30.1 Å². The first kappa shape index (κ1) is 22.6. The molecule has 0 aliphatic carbocycles. The molecule has 1 heterocycles. The topological polar surface area (TPSA) is 27.7 Å². The fourth-order valence-corrected chi connectivity index (χ4v) is 6.50. The molecule has 1 aliphatic rings. The highest BCUT2D eigenvalue weighted by Crippen LogP contribution is 2.58. The van der Waals surface area contributed by atoms with E-state index >= 15 is 0 Å². The van der Waals surface area contributed by atoms with Crippen molar-refractivity contribution in [2.45, 2.75) is 6.42 Å². The smallest absolute Gasteiger partial charge is 0.407 e. The predicted molar refractivity (Wildman–Crippen MR) is 128 cm³/mol. The fourth-order valence-electron chi connectivity index (χ4n) is 2.84. The van der Waals surface area contributed by atoms with Crippen LogP contribution >= 0.6 is 76.3 Å². The Bertz CT molecular complexity index is 1140. The van der Waals surface area contributed by atoms with Crippen LogP contribution in [0.1, 0.15) is 11.1 Å². The van der Waals surface area contributed by atoms with Crippen molar-refractivity contribution in [2.24, 2.45) is 0 Å². The predicted octanol–water partition coefficient (Wildman–Crippen LogP) is 9.27. The van der Waals surface area contributed by atoms with Gasteiger partial charge in [0.05, 0.1) is 30.1 Å². The summed E-state index contributed by atoms with van der Waals surface area (Å²) >= 11 is 43.9. The van der Waals surface area contributed by atoms with Gasteiger partial charge in [-0.05, 0) is 24.3 Å². The third-order valence-corrected chi connectivity index (χ3v) is 8.29. The molecule has 0 atom stereocenters. The Labute approximate surface area is 207 Å². The van der Waals surface area contributed by atoms with Gasteiger partial charge in [-0.1, -0.05) is 87.8 Å². The SMILES string of the molecule is S=P1(Oc2ccccc2)Oc2c(Cl)cc(Cl)c(Cl)c2Cc2c(Cl)c(Cl)cc(Cl)c2O1. The van der Waals surface area contributed by atoms with Crippen LogP contribution in [0.5, 0.6) is 17.2 Å². The minimum atomic E-state index is -3.53. The van der Waals surface area contributed by atoms with E-state index in [1.807, 2.05) is 6.07 Å². The quantitative estimate of drug-likeness (QED) is 0.230. The summed E-state index contributed by atoms with van der Waals surface area (Å²) in [7, 11) is 0. The molecule has 0 spiro atoms. The molecule has 0 N–H and O–H groups in total. The first-order chi connectivity index (χ1) is 14.2. The summed E-state index contributed by atoms with van der Waals surface area (Å²) in [6.07, 6.45) is 0.142. The molecular weight excluding hydrogens is 552 g/mol. The highest BCUT2D eigenvalue weighted by atomic mass is 35.5. The van der Waals surface area contributed by atoms with Crippen molar-refractivity contribution in [3.8, 4) is 17.2 Å². The van der Waals surface area contributed by atoms with Gasteiger partial charge in [-0.3, -0.25) is 0 Å². The van der Waals surface area contributed by atoms with Gasteiger partial charge in [0, 0.05) is 29.4 Å². The summed E-state index contributed by atoms with van der Waals surface area (Å²) in [5.74, 6) is 0.836. The highest BCUT2D eigenvalue weighted by Gasteiger charge is 2.36. The van der Waals surface area contributed by atoms with Crippen LogP contribution in [-0.4, -0.2) is 0 Å². The van der Waals surface area contributed by atoms with Crippen molar-refractivity contribution in [2.75, 3.05) is 0 Å². The lowest BCUT2D eigenvalue weighted by Crippen LogP contribution is -2.13. The van der Waals surface area contributed by atoms with Crippen LogP contribution in [0.15, 0.2) is 42.5 Å². The minimum absolute atomic E-state index is 0.142. The van der Waals surface area contributed by atoms with Gasteiger partial charge in [0.25, 0.3) is 0 Å². The lowest BCUT2D eigenvalue weighted by atomic mass is 10.0. The second-order valence-corrected chi connectivity index (χ2v) is 11.3. The maximum atomic E-state index is 6.48. The summed E-state index contributed by atoms with van der Waals surface area (Å²) in [4.78, 5) is 0. The van der Waals surface area contributed by atoms with Crippen LogP contribution in [0.3, 0.4) is 0 Å². The number of benzene rings is 3. The Morgan fingerprint density at radius 1 is 0.733 bits per heavy atom. The van der Waals surface area contributed by atoms with Gasteiger partial charge in [0.15, 0.2) is 11.5 Å². The van der Waals surface area contributed by atoms with Gasteiger partial charge in [0.2, 0.25) is 0 Å². The molecule has 30 heavy (non-hydrogen) atoms. The second kappa shape index (κ2) is 8.77. The summed E-state index contributed by atoms with van der Waals surface area (Å²) < 4.78 is 18.1. The molecule has 0 bridgehead atoms. The minimum Gasteiger partial charge on any atom is -0.407 e. The first-order valence-corrected chi connectivity index (χ1v) is 13.1. The average molecular weight is 561 g/mol. The molecule has 3 nitrogen and oxygen atoms in total. The summed E-state index contributed by atoms with van der Waals surface area (Å²) in [6.45, 7) is -3.53. The summed E-state index contributed by atoms with van der Waals surface area (Å²) in [6, 6.07) is 11.8. The zero-order valence-corrected chi connectivity index (χ0v) is 20.8. The van der Waals surface area contributed by atoms with Gasteiger partial charge in [-0.25, -0.2) is 0 Å². The van der Waals surface area contributed by atoms with Crippen molar-refractivity contribution >= 4 is 88.1 Å². The highest BCUT2D eigenvalue weighted by molar-refractivity contribution is 8.08. The van der Waals surface area contributed by atoms with Crippen molar-refractivity contribution in [3.63, 3.8) is 0 Å². The van der Waals surface area contributed by atoms with Gasteiger partial charge in [-0.2, -0.15) is 0 Å². The molecule has 3 aromatic carbocycles. The number of fused-ring (bicyclic) bond motifs is 2. The van der Waals surface area contributed by atoms with Gasteiger partial charge in [-0.15, -0.1) is 0 Å². The average Bonchev–Trinajstić information content (AvgIpc) is 2.68. The Morgan fingerprint density at radius 3 is 1.67 bits per heavy atom. The normalized spacial score (nSPS) is 14.5. The molecule has 0 aromatic heterocycles. The molecule has 0 unspecified atom stereocenters. The number of rotatable bonds is 2. The van der Waals surface area contributed by atoms with Crippen LogP contribution in [0, 0.1) is 0 Å². The van der Waals surface area contributed by atoms with Crippen molar-refractivity contribution < 1.29 is 13.6 Å². The zero-order valence-electron chi connectivity index (χ0n) is 14.6. The Morgan fingerprint density at radius 2 is 1.20 bits per heavy atom. The molecule has 4 rings (SSSR count). The third-order valence-electron chi connectivity index (χ3n) is 4.16. The molecule has 0 amide bonds. The lowest BCUT2D eigenvalue weighted by Gasteiger charge is -2.29. The number of hydrogen-bond acceptors (Lipinski definition) is 4. The molecule has 1 aliphatic heterocycles. The largest absolute Gasteiger partial charge is 0.490 e. The fraction of sp³-hybridized carbons (Fsp3) is 0.0526. The summed E-state index contributed by atoms with van der Waals surface area (Å²) in [5, 5.41) is 1.35. The van der Waals surface area contributed by atoms with Gasteiger partial charge in [0.1, 0.15) is 5.75 Å². The Kier molecular flexibility index (Phi) is 6.62. The van der Waals surface area contributed by atoms with Gasteiger partial charge >= 0.3 is 6.72 Å². The van der Waals surface area contributed by atoms with E-state index in [0.717, 1.165) is 0 Å². The third kappa shape index (κ3) is 4.35. The van der Waals surface area contributed by atoms with E-state index in [4.69, 9.17) is 95.0 Å². The van der Waals surface area contributed by atoms with Crippen LogP contribution < -0.4 is 13.6 Å². The van der Waals surface area contributed by atoms with Gasteiger partial charge < -0.3 is 13.6 Å². The maximum absolute atomic E-state index is 6.48. The van der Waals surface area contributed by atoms with E-state index in [1.165, 1.54) is 12.1 Å². The van der Waals surface area contributed by atoms with Crippen molar-refractivity contribution in [1.29, 1.82) is 0 Å². The molecule has 3 aromatic rings. The standard InChI is InChI=1S/C19H9Cl6O3PS/c20-12-7-14(22)18-10(16(12)24)6-11-17(25)13(21)8-15(23)19(11)28-29(30,27-18)26-9-4-2-1-3-5-9/h1-5,7-8H,6H2. The molecule has 0 saturated carbocycles. The summed E-state index contributed by atoms with van der Waals surface area (Å²) in [5.41, 5.74) is 0.926. The second-order valence-electron chi connectivity index (χ2n) is 6.13. The van der Waals surface area contributed by atoms with Crippen LogP contribution in [0.25, 0.3) is 0 Å². The molecule has 0 saturated heterocycles. The first-order valence-electron chi connectivity index (χ1n) is 8.25. The number of hydrogen-bond donors (Lipinski definition) is 0. The molecule has 156 valence electrons. The number of para-hydroxylation sites is 1. The van der Waals surface area contributed by atoms with E-state index in [2.05, 4.69) is 0 Å². The van der Waals surface area contributed by atoms with E-state index in [1.54, 1.807) is 24.3 Å². The Hall–Kier alpha value is -0.550. The molecule has 11 heteroatoms. The van der Waals surface area contributed by atoms with Crippen LogP contribution in [0.4, 0.5) is 0 Å². The van der Waals surface area contributed by atoms with E-state index in [0.29, 0.717) is 16.9 Å². The number of halogens is 6. The van der Waals surface area contributed by atoms with Crippen molar-refractivity contribution in [1.82, 2.24) is 0 Å². The van der Waals surface area contributed by atoms with Crippen LogP contribution in [-0.2, 0) is 18.2 Å². The maximum Gasteiger partial charge on any atom is 0.490 e. The van der Waals surface area contributed by atoms with E-state index in [9.17, 15) is 0 Å². The van der Waals surface area contributed by atoms with Crippen molar-refractivity contribution in [3.05, 3.63) is 83.7 Å². The molecular formula is C19H9Cl6O3PS.